The molecule has 0 aliphatic carbocycles. The number of likely N-dealkylation sites (N-methyl/N-ethyl adjacent to an activating group) is 1. The van der Waals surface area contributed by atoms with E-state index in [1.165, 1.54) is 0 Å². The van der Waals surface area contributed by atoms with Crippen LogP contribution < -0.4 is 15.4 Å². The van der Waals surface area contributed by atoms with E-state index in [1.54, 1.807) is 19.2 Å². The molecule has 5 heteroatoms. The van der Waals surface area contributed by atoms with Crippen LogP contribution in [-0.4, -0.2) is 25.6 Å². The first kappa shape index (κ1) is 14.8. The van der Waals surface area contributed by atoms with Crippen molar-refractivity contribution < 1.29 is 9.53 Å². The van der Waals surface area contributed by atoms with Gasteiger partial charge in [0.25, 0.3) is 5.91 Å². The summed E-state index contributed by atoms with van der Waals surface area (Å²) in [6.45, 7) is 4.79. The first-order valence-electron chi connectivity index (χ1n) is 5.88. The topological polar surface area (TPSA) is 50.4 Å². The van der Waals surface area contributed by atoms with Gasteiger partial charge in [0.05, 0.1) is 0 Å². The van der Waals surface area contributed by atoms with Crippen molar-refractivity contribution in [2.75, 3.05) is 13.7 Å². The summed E-state index contributed by atoms with van der Waals surface area (Å²) in [4.78, 5) is 11.2. The summed E-state index contributed by atoms with van der Waals surface area (Å²) in [6, 6.07) is 5.74. The highest BCUT2D eigenvalue weighted by atomic mass is 35.5. The highest BCUT2D eigenvalue weighted by Gasteiger charge is 2.07. The number of amides is 1. The Morgan fingerprint density at radius 3 is 2.78 bits per heavy atom. The lowest BCUT2D eigenvalue weighted by molar-refractivity contribution is -0.122. The lowest BCUT2D eigenvalue weighted by Gasteiger charge is -2.13. The molecule has 1 amide bonds. The van der Waals surface area contributed by atoms with Crippen LogP contribution in [0.1, 0.15) is 19.4 Å². The summed E-state index contributed by atoms with van der Waals surface area (Å²) in [6.07, 6.45) is 0. The summed E-state index contributed by atoms with van der Waals surface area (Å²) in [7, 11) is 1.58. The normalized spacial score (nSPS) is 10.5. The van der Waals surface area contributed by atoms with Gasteiger partial charge in [0.1, 0.15) is 5.75 Å². The summed E-state index contributed by atoms with van der Waals surface area (Å²) in [5.41, 5.74) is 0.945. The van der Waals surface area contributed by atoms with Crippen molar-refractivity contribution >= 4 is 17.5 Å². The number of ether oxygens (including phenoxy) is 1. The molecule has 0 aliphatic rings. The van der Waals surface area contributed by atoms with Crippen molar-refractivity contribution in [3.05, 3.63) is 28.8 Å². The number of halogens is 1. The maximum Gasteiger partial charge on any atom is 0.257 e. The van der Waals surface area contributed by atoms with Crippen LogP contribution in [0, 0.1) is 0 Å². The van der Waals surface area contributed by atoms with Crippen molar-refractivity contribution in [2.24, 2.45) is 0 Å². The Morgan fingerprint density at radius 1 is 1.44 bits per heavy atom. The van der Waals surface area contributed by atoms with Crippen LogP contribution in [0.25, 0.3) is 0 Å². The molecule has 0 atom stereocenters. The summed E-state index contributed by atoms with van der Waals surface area (Å²) >= 11 is 5.96. The Balaban J connectivity index is 2.72. The number of rotatable bonds is 6. The zero-order chi connectivity index (χ0) is 13.5. The second kappa shape index (κ2) is 7.24. The fourth-order valence-corrected chi connectivity index (χ4v) is 1.55. The van der Waals surface area contributed by atoms with Gasteiger partial charge in [-0.3, -0.25) is 4.79 Å². The average Bonchev–Trinajstić information content (AvgIpc) is 2.34. The molecule has 0 spiro atoms. The molecule has 18 heavy (non-hydrogen) atoms. The Kier molecular flexibility index (Phi) is 5.95. The van der Waals surface area contributed by atoms with E-state index in [0.29, 0.717) is 23.4 Å². The van der Waals surface area contributed by atoms with Gasteiger partial charge >= 0.3 is 0 Å². The minimum absolute atomic E-state index is 0.00676. The van der Waals surface area contributed by atoms with Crippen LogP contribution in [0.2, 0.25) is 5.02 Å². The molecular formula is C13H19ClN2O2. The predicted octanol–water partition coefficient (Wildman–Crippen LogP) is 1.96. The molecule has 0 aliphatic heterocycles. The lowest BCUT2D eigenvalue weighted by Crippen LogP contribution is -2.26. The van der Waals surface area contributed by atoms with Crippen LogP contribution in [0.5, 0.6) is 5.75 Å². The molecule has 0 bridgehead atoms. The second-order valence-corrected chi connectivity index (χ2v) is 4.69. The average molecular weight is 271 g/mol. The standard InChI is InChI=1S/C13H19ClN2O2/c1-9(2)16-7-10-6-11(14)4-5-12(10)18-8-13(17)15-3/h4-6,9,16H,7-8H2,1-3H3,(H,15,17). The van der Waals surface area contributed by atoms with Gasteiger partial charge in [-0.05, 0) is 18.2 Å². The fraction of sp³-hybridized carbons (Fsp3) is 0.462. The number of hydrogen-bond donors (Lipinski definition) is 2. The van der Waals surface area contributed by atoms with Gasteiger partial charge in [-0.25, -0.2) is 0 Å². The van der Waals surface area contributed by atoms with Crippen LogP contribution in [-0.2, 0) is 11.3 Å². The zero-order valence-corrected chi connectivity index (χ0v) is 11.7. The smallest absolute Gasteiger partial charge is 0.257 e. The van der Waals surface area contributed by atoms with Gasteiger partial charge < -0.3 is 15.4 Å². The van der Waals surface area contributed by atoms with Gasteiger partial charge in [0.2, 0.25) is 0 Å². The minimum atomic E-state index is -0.160. The number of carbonyl (C=O) groups excluding carboxylic acids is 1. The van der Waals surface area contributed by atoms with Gasteiger partial charge in [-0.15, -0.1) is 0 Å². The van der Waals surface area contributed by atoms with E-state index in [2.05, 4.69) is 24.5 Å². The molecule has 0 unspecified atom stereocenters. The van der Waals surface area contributed by atoms with E-state index in [-0.39, 0.29) is 12.5 Å². The van der Waals surface area contributed by atoms with Crippen molar-refractivity contribution in [1.29, 1.82) is 0 Å². The molecule has 0 aromatic heterocycles. The Labute approximate surface area is 113 Å². The lowest BCUT2D eigenvalue weighted by atomic mass is 10.2. The predicted molar refractivity (Wildman–Crippen MR) is 73.0 cm³/mol. The summed E-state index contributed by atoms with van der Waals surface area (Å²) < 4.78 is 5.47. The van der Waals surface area contributed by atoms with Crippen molar-refractivity contribution in [3.63, 3.8) is 0 Å². The Morgan fingerprint density at radius 2 is 2.17 bits per heavy atom. The largest absolute Gasteiger partial charge is 0.483 e. The molecular weight excluding hydrogens is 252 g/mol. The van der Waals surface area contributed by atoms with Gasteiger partial charge in [-0.1, -0.05) is 25.4 Å². The second-order valence-electron chi connectivity index (χ2n) is 4.25. The van der Waals surface area contributed by atoms with E-state index in [0.717, 1.165) is 5.56 Å². The quantitative estimate of drug-likeness (QED) is 0.831. The van der Waals surface area contributed by atoms with E-state index in [1.807, 2.05) is 6.07 Å². The highest BCUT2D eigenvalue weighted by Crippen LogP contribution is 2.23. The van der Waals surface area contributed by atoms with Crippen LogP contribution in [0.3, 0.4) is 0 Å². The monoisotopic (exact) mass is 270 g/mol. The SMILES string of the molecule is CNC(=O)COc1ccc(Cl)cc1CNC(C)C. The molecule has 4 nitrogen and oxygen atoms in total. The molecule has 0 fully saturated rings. The summed E-state index contributed by atoms with van der Waals surface area (Å²) in [5.74, 6) is 0.517. The van der Waals surface area contributed by atoms with E-state index < -0.39 is 0 Å². The van der Waals surface area contributed by atoms with Crippen molar-refractivity contribution in [3.8, 4) is 5.75 Å². The minimum Gasteiger partial charge on any atom is -0.483 e. The molecule has 1 aromatic carbocycles. The van der Waals surface area contributed by atoms with Crippen LogP contribution in [0.15, 0.2) is 18.2 Å². The summed E-state index contributed by atoms with van der Waals surface area (Å²) in [5, 5.41) is 6.46. The van der Waals surface area contributed by atoms with E-state index in [9.17, 15) is 4.79 Å². The molecule has 0 saturated carbocycles. The third-order valence-corrected chi connectivity index (χ3v) is 2.60. The third-order valence-electron chi connectivity index (χ3n) is 2.36. The fourth-order valence-electron chi connectivity index (χ4n) is 1.36. The molecule has 1 aromatic rings. The van der Waals surface area contributed by atoms with E-state index >= 15 is 0 Å². The molecule has 0 heterocycles. The number of nitrogens with one attached hydrogen (secondary N) is 2. The Bertz CT molecular complexity index is 408. The van der Waals surface area contributed by atoms with E-state index in [4.69, 9.17) is 16.3 Å². The Hall–Kier alpha value is -1.26. The van der Waals surface area contributed by atoms with Crippen molar-refractivity contribution in [2.45, 2.75) is 26.4 Å². The van der Waals surface area contributed by atoms with Crippen LogP contribution in [0.4, 0.5) is 0 Å². The molecule has 100 valence electrons. The van der Waals surface area contributed by atoms with Crippen LogP contribution >= 0.6 is 11.6 Å². The molecule has 1 rings (SSSR count). The molecule has 0 radical (unpaired) electrons. The number of benzene rings is 1. The zero-order valence-electron chi connectivity index (χ0n) is 10.9. The number of hydrogen-bond acceptors (Lipinski definition) is 3. The first-order chi connectivity index (χ1) is 8.52. The maximum atomic E-state index is 11.2. The molecule has 0 saturated heterocycles. The van der Waals surface area contributed by atoms with Gasteiger partial charge in [-0.2, -0.15) is 0 Å². The van der Waals surface area contributed by atoms with Crippen molar-refractivity contribution in [1.82, 2.24) is 10.6 Å². The maximum absolute atomic E-state index is 11.2. The third kappa shape index (κ3) is 4.94. The number of carbonyl (C=O) groups is 1. The van der Waals surface area contributed by atoms with Gasteiger partial charge in [0, 0.05) is 30.2 Å². The van der Waals surface area contributed by atoms with Gasteiger partial charge in [0.15, 0.2) is 6.61 Å². The molecule has 2 N–H and O–H groups in total. The first-order valence-corrected chi connectivity index (χ1v) is 6.26. The highest BCUT2D eigenvalue weighted by molar-refractivity contribution is 6.30.